The van der Waals surface area contributed by atoms with E-state index in [0.29, 0.717) is 42.3 Å². The summed E-state index contributed by atoms with van der Waals surface area (Å²) in [5.74, 6) is -0.712. The summed E-state index contributed by atoms with van der Waals surface area (Å²) in [5.41, 5.74) is 3.22. The Morgan fingerprint density at radius 1 is 1.14 bits per heavy atom. The van der Waals surface area contributed by atoms with Gasteiger partial charge in [-0.05, 0) is 51.0 Å². The van der Waals surface area contributed by atoms with Gasteiger partial charge < -0.3 is 29.6 Å². The minimum atomic E-state index is -0.535. The fraction of sp³-hybridized carbons (Fsp3) is 0.444. The van der Waals surface area contributed by atoms with Gasteiger partial charge in [0.05, 0.1) is 31.3 Å². The number of aromatic nitrogens is 2. The predicted octanol–water partition coefficient (Wildman–Crippen LogP) is 3.55. The minimum Gasteiger partial charge on any atom is -0.464 e. The van der Waals surface area contributed by atoms with E-state index >= 15 is 0 Å². The van der Waals surface area contributed by atoms with E-state index in [9.17, 15) is 9.59 Å². The van der Waals surface area contributed by atoms with Crippen LogP contribution in [-0.2, 0) is 27.2 Å². The zero-order chi connectivity index (χ0) is 25.5. The third-order valence-corrected chi connectivity index (χ3v) is 6.63. The molecule has 3 aromatic rings. The molecule has 0 saturated carbocycles. The summed E-state index contributed by atoms with van der Waals surface area (Å²) in [6, 6.07) is 12.2. The van der Waals surface area contributed by atoms with Crippen LogP contribution in [0.25, 0.3) is 11.0 Å². The third-order valence-electron chi connectivity index (χ3n) is 6.63. The summed E-state index contributed by atoms with van der Waals surface area (Å²) in [4.78, 5) is 32.9. The Balaban J connectivity index is 1.66. The van der Waals surface area contributed by atoms with E-state index in [0.717, 1.165) is 37.2 Å². The SMILES string of the molecule is COCCn1c(C(=O)OC)c(NC(=O)CCc2ccccc2)c2cc(NC3CCN(C)CC3)cnc21. The van der Waals surface area contributed by atoms with E-state index < -0.39 is 5.97 Å². The van der Waals surface area contributed by atoms with Crippen LogP contribution in [0.1, 0.15) is 35.3 Å². The Hall–Kier alpha value is -3.43. The highest BCUT2D eigenvalue weighted by atomic mass is 16.5. The van der Waals surface area contributed by atoms with Crippen molar-refractivity contribution in [2.75, 3.05) is 51.6 Å². The molecule has 9 nitrogen and oxygen atoms in total. The van der Waals surface area contributed by atoms with Crippen LogP contribution in [-0.4, -0.2) is 73.3 Å². The maximum atomic E-state index is 13.0. The van der Waals surface area contributed by atoms with Crippen LogP contribution >= 0.6 is 0 Å². The summed E-state index contributed by atoms with van der Waals surface area (Å²) < 4.78 is 12.1. The van der Waals surface area contributed by atoms with Gasteiger partial charge in [0.15, 0.2) is 5.69 Å². The number of esters is 1. The Morgan fingerprint density at radius 2 is 1.89 bits per heavy atom. The Morgan fingerprint density at radius 3 is 2.58 bits per heavy atom. The molecule has 0 atom stereocenters. The number of pyridine rings is 1. The number of aryl methyl sites for hydroxylation is 1. The number of nitrogens with zero attached hydrogens (tertiary/aromatic N) is 3. The lowest BCUT2D eigenvalue weighted by molar-refractivity contribution is -0.116. The van der Waals surface area contributed by atoms with Crippen LogP contribution < -0.4 is 10.6 Å². The molecule has 1 aliphatic heterocycles. The highest BCUT2D eigenvalue weighted by molar-refractivity contribution is 6.11. The van der Waals surface area contributed by atoms with Gasteiger partial charge in [-0.15, -0.1) is 0 Å². The van der Waals surface area contributed by atoms with Crippen molar-refractivity contribution in [3.8, 4) is 0 Å². The number of carbonyl (C=O) groups excluding carboxylic acids is 2. The van der Waals surface area contributed by atoms with Crippen molar-refractivity contribution < 1.29 is 19.1 Å². The van der Waals surface area contributed by atoms with E-state index in [2.05, 4.69) is 27.6 Å². The number of piperidine rings is 1. The number of anilines is 2. The largest absolute Gasteiger partial charge is 0.464 e. The molecule has 0 aliphatic carbocycles. The number of nitrogens with one attached hydrogen (secondary N) is 2. The molecule has 1 aliphatic rings. The van der Waals surface area contributed by atoms with Crippen molar-refractivity contribution in [2.45, 2.75) is 38.3 Å². The van der Waals surface area contributed by atoms with Crippen molar-refractivity contribution in [1.82, 2.24) is 14.5 Å². The summed E-state index contributed by atoms with van der Waals surface area (Å²) >= 11 is 0. The van der Waals surface area contributed by atoms with Crippen molar-refractivity contribution in [3.63, 3.8) is 0 Å². The first kappa shape index (κ1) is 25.7. The first-order valence-electron chi connectivity index (χ1n) is 12.4. The van der Waals surface area contributed by atoms with Gasteiger partial charge in [0, 0.05) is 31.5 Å². The third kappa shape index (κ3) is 6.03. The Kier molecular flexibility index (Phi) is 8.56. The molecule has 1 saturated heterocycles. The second-order valence-electron chi connectivity index (χ2n) is 9.21. The molecule has 0 spiro atoms. The number of rotatable bonds is 10. The molecule has 9 heteroatoms. The van der Waals surface area contributed by atoms with Crippen LogP contribution in [0.3, 0.4) is 0 Å². The zero-order valence-electron chi connectivity index (χ0n) is 21.3. The Bertz CT molecular complexity index is 1190. The molecule has 0 radical (unpaired) electrons. The lowest BCUT2D eigenvalue weighted by atomic mass is 10.1. The second-order valence-corrected chi connectivity index (χ2v) is 9.21. The van der Waals surface area contributed by atoms with Gasteiger partial charge in [-0.1, -0.05) is 30.3 Å². The number of hydrogen-bond acceptors (Lipinski definition) is 7. The minimum absolute atomic E-state index is 0.177. The van der Waals surface area contributed by atoms with Crippen LogP contribution in [0, 0.1) is 0 Å². The van der Waals surface area contributed by atoms with E-state index in [1.54, 1.807) is 17.9 Å². The quantitative estimate of drug-likeness (QED) is 0.417. The van der Waals surface area contributed by atoms with E-state index in [1.165, 1.54) is 7.11 Å². The molecule has 0 unspecified atom stereocenters. The summed E-state index contributed by atoms with van der Waals surface area (Å²) in [6.07, 6.45) is 4.76. The number of carbonyl (C=O) groups is 2. The van der Waals surface area contributed by atoms with E-state index in [-0.39, 0.29) is 18.0 Å². The van der Waals surface area contributed by atoms with Crippen LogP contribution in [0.4, 0.5) is 11.4 Å². The number of likely N-dealkylation sites (tertiary alicyclic amines) is 1. The highest BCUT2D eigenvalue weighted by Crippen LogP contribution is 2.33. The van der Waals surface area contributed by atoms with Crippen molar-refractivity contribution in [2.24, 2.45) is 0 Å². The molecule has 2 aromatic heterocycles. The molecule has 1 amide bonds. The maximum Gasteiger partial charge on any atom is 0.356 e. The highest BCUT2D eigenvalue weighted by Gasteiger charge is 2.26. The van der Waals surface area contributed by atoms with E-state index in [4.69, 9.17) is 9.47 Å². The maximum absolute atomic E-state index is 13.0. The summed E-state index contributed by atoms with van der Waals surface area (Å²) in [6.45, 7) is 2.85. The lowest BCUT2D eigenvalue weighted by Gasteiger charge is -2.30. The molecule has 2 N–H and O–H groups in total. The summed E-state index contributed by atoms with van der Waals surface area (Å²) in [7, 11) is 5.07. The topological polar surface area (TPSA) is 97.7 Å². The van der Waals surface area contributed by atoms with Gasteiger partial charge in [-0.2, -0.15) is 0 Å². The zero-order valence-corrected chi connectivity index (χ0v) is 21.3. The molecule has 1 fully saturated rings. The number of benzene rings is 1. The summed E-state index contributed by atoms with van der Waals surface area (Å²) in [5, 5.41) is 7.27. The van der Waals surface area contributed by atoms with Crippen LogP contribution in [0.5, 0.6) is 0 Å². The average Bonchev–Trinajstić information content (AvgIpc) is 3.20. The van der Waals surface area contributed by atoms with Gasteiger partial charge in [-0.25, -0.2) is 9.78 Å². The number of fused-ring (bicyclic) bond motifs is 1. The number of methoxy groups -OCH3 is 2. The van der Waals surface area contributed by atoms with Gasteiger partial charge in [0.1, 0.15) is 5.65 Å². The average molecular weight is 494 g/mol. The van der Waals surface area contributed by atoms with Gasteiger partial charge in [-0.3, -0.25) is 4.79 Å². The number of amides is 1. The van der Waals surface area contributed by atoms with Gasteiger partial charge >= 0.3 is 5.97 Å². The smallest absolute Gasteiger partial charge is 0.356 e. The fourth-order valence-corrected chi connectivity index (χ4v) is 4.63. The van der Waals surface area contributed by atoms with Gasteiger partial charge in [0.2, 0.25) is 5.91 Å². The molecular formula is C27H35N5O4. The standard InChI is InChI=1S/C27H35N5O4/c1-31-13-11-20(12-14-31)29-21-17-22-24(30-23(33)10-9-19-7-5-4-6-8-19)25(27(34)36-3)32(15-16-35-2)26(22)28-18-21/h4-8,17-18,20,29H,9-16H2,1-3H3,(H,30,33). The fourth-order valence-electron chi connectivity index (χ4n) is 4.63. The molecule has 192 valence electrons. The molecule has 3 heterocycles. The monoisotopic (exact) mass is 493 g/mol. The molecule has 1 aromatic carbocycles. The molecule has 0 bridgehead atoms. The second kappa shape index (κ2) is 12.0. The molecule has 36 heavy (non-hydrogen) atoms. The van der Waals surface area contributed by atoms with Gasteiger partial charge in [0.25, 0.3) is 0 Å². The van der Waals surface area contributed by atoms with Crippen LogP contribution in [0.2, 0.25) is 0 Å². The normalized spacial score (nSPS) is 14.6. The van der Waals surface area contributed by atoms with Crippen molar-refractivity contribution in [1.29, 1.82) is 0 Å². The molecule has 4 rings (SSSR count). The van der Waals surface area contributed by atoms with Crippen LogP contribution in [0.15, 0.2) is 42.6 Å². The van der Waals surface area contributed by atoms with E-state index in [1.807, 2.05) is 36.4 Å². The number of ether oxygens (including phenoxy) is 2. The van der Waals surface area contributed by atoms with Crippen molar-refractivity contribution >= 4 is 34.3 Å². The molecular weight excluding hydrogens is 458 g/mol. The van der Waals surface area contributed by atoms with Crippen molar-refractivity contribution in [3.05, 3.63) is 53.9 Å². The Labute approximate surface area is 211 Å². The number of hydrogen-bond donors (Lipinski definition) is 2. The lowest BCUT2D eigenvalue weighted by Crippen LogP contribution is -2.36. The first-order chi connectivity index (χ1) is 17.5. The first-order valence-corrected chi connectivity index (χ1v) is 12.4. The predicted molar refractivity (Wildman–Crippen MR) is 140 cm³/mol.